The maximum absolute atomic E-state index is 12.8. The van der Waals surface area contributed by atoms with Gasteiger partial charge in [-0.25, -0.2) is 0 Å². The van der Waals surface area contributed by atoms with E-state index in [4.69, 9.17) is 21.1 Å². The molecular formula is C18H24ClN3O6. The molecule has 10 heteroatoms. The summed E-state index contributed by atoms with van der Waals surface area (Å²) in [4.78, 5) is 23.5. The molecule has 1 fully saturated rings. The molecule has 0 aromatic heterocycles. The van der Waals surface area contributed by atoms with E-state index < -0.39 is 4.92 Å². The molecule has 0 atom stereocenters. The quantitative estimate of drug-likeness (QED) is 0.241. The lowest BCUT2D eigenvalue weighted by Crippen LogP contribution is -2.53. The Balaban J connectivity index is 1.66. The number of methoxy groups -OCH3 is 1. The molecule has 0 bridgehead atoms. The zero-order valence-corrected chi connectivity index (χ0v) is 16.5. The van der Waals surface area contributed by atoms with Crippen molar-refractivity contribution in [3.63, 3.8) is 0 Å². The molecule has 1 aromatic carbocycles. The van der Waals surface area contributed by atoms with Crippen LogP contribution >= 0.6 is 11.6 Å². The van der Waals surface area contributed by atoms with Crippen molar-refractivity contribution in [3.8, 4) is 5.75 Å². The Hall–Kier alpha value is -1.94. The number of hydroxylamine groups is 3. The van der Waals surface area contributed by atoms with Crippen LogP contribution in [0.1, 0.15) is 35.2 Å². The summed E-state index contributed by atoms with van der Waals surface area (Å²) in [7, 11) is 1.61. The Labute approximate surface area is 167 Å². The third-order valence-corrected chi connectivity index (χ3v) is 5.64. The molecule has 0 spiro atoms. The fraction of sp³-hybridized carbons (Fsp3) is 0.611. The molecule has 9 nitrogen and oxygen atoms in total. The van der Waals surface area contributed by atoms with Gasteiger partial charge in [-0.3, -0.25) is 14.9 Å². The van der Waals surface area contributed by atoms with Crippen LogP contribution in [0.2, 0.25) is 5.02 Å². The largest absolute Gasteiger partial charge is 0.633 e. The van der Waals surface area contributed by atoms with E-state index in [0.29, 0.717) is 57.5 Å². The molecule has 154 valence electrons. The molecule has 1 N–H and O–H groups in total. The Morgan fingerprint density at radius 1 is 1.46 bits per heavy atom. The first-order chi connectivity index (χ1) is 13.3. The molecule has 0 saturated carbocycles. The van der Waals surface area contributed by atoms with Gasteiger partial charge in [-0.1, -0.05) is 11.6 Å². The molecule has 2 aliphatic heterocycles. The number of hydrogen-bond acceptors (Lipinski definition) is 6. The number of ether oxygens (including phenoxy) is 2. The maximum atomic E-state index is 12.8. The monoisotopic (exact) mass is 413 g/mol. The van der Waals surface area contributed by atoms with Crippen molar-refractivity contribution < 1.29 is 23.8 Å². The lowest BCUT2D eigenvalue weighted by atomic mass is 10.0. The first-order valence-corrected chi connectivity index (χ1v) is 9.72. The SMILES string of the molecule is COCCC[N+]1([O-])CCC(NC(=O)c2cc(Cl)c([N+](=O)[O-])c3c2OCC3)CC1. The van der Waals surface area contributed by atoms with Crippen LogP contribution in [0.5, 0.6) is 5.75 Å². The Bertz CT molecular complexity index is 764. The van der Waals surface area contributed by atoms with Gasteiger partial charge >= 0.3 is 0 Å². The second-order valence-electron chi connectivity index (χ2n) is 7.24. The first kappa shape index (κ1) is 20.8. The minimum atomic E-state index is -0.548. The van der Waals surface area contributed by atoms with Crippen LogP contribution in [0.15, 0.2) is 6.07 Å². The molecular weight excluding hydrogens is 390 g/mol. The molecule has 3 rings (SSSR count). The summed E-state index contributed by atoms with van der Waals surface area (Å²) in [6, 6.07) is 1.17. The number of nitrogens with zero attached hydrogens (tertiary/aromatic N) is 2. The van der Waals surface area contributed by atoms with Crippen molar-refractivity contribution in [1.29, 1.82) is 0 Å². The van der Waals surface area contributed by atoms with E-state index in [1.807, 2.05) is 0 Å². The van der Waals surface area contributed by atoms with Gasteiger partial charge in [0.05, 0.1) is 48.9 Å². The molecule has 0 aliphatic carbocycles. The third-order valence-electron chi connectivity index (χ3n) is 5.35. The lowest BCUT2D eigenvalue weighted by molar-refractivity contribution is -0.886. The van der Waals surface area contributed by atoms with Gasteiger partial charge in [0.1, 0.15) is 10.8 Å². The van der Waals surface area contributed by atoms with E-state index >= 15 is 0 Å². The highest BCUT2D eigenvalue weighted by molar-refractivity contribution is 6.33. The molecule has 1 aromatic rings. The van der Waals surface area contributed by atoms with Gasteiger partial charge in [-0.15, -0.1) is 0 Å². The number of carbonyl (C=O) groups is 1. The highest BCUT2D eigenvalue weighted by Gasteiger charge is 2.34. The van der Waals surface area contributed by atoms with E-state index in [2.05, 4.69) is 5.32 Å². The van der Waals surface area contributed by atoms with Crippen molar-refractivity contribution in [1.82, 2.24) is 5.32 Å². The third kappa shape index (κ3) is 4.38. The van der Waals surface area contributed by atoms with Crippen molar-refractivity contribution in [2.75, 3.05) is 40.0 Å². The summed E-state index contributed by atoms with van der Waals surface area (Å²) in [6.07, 6.45) is 2.20. The number of carbonyl (C=O) groups excluding carboxylic acids is 1. The van der Waals surface area contributed by atoms with Crippen molar-refractivity contribution in [2.45, 2.75) is 31.7 Å². The van der Waals surface area contributed by atoms with E-state index in [1.54, 1.807) is 7.11 Å². The molecule has 0 unspecified atom stereocenters. The summed E-state index contributed by atoms with van der Waals surface area (Å²) in [6.45, 7) is 2.22. The van der Waals surface area contributed by atoms with Gasteiger partial charge in [0.25, 0.3) is 11.6 Å². The molecule has 0 radical (unpaired) electrons. The Morgan fingerprint density at radius 3 is 2.82 bits per heavy atom. The average Bonchev–Trinajstić information content (AvgIpc) is 3.12. The van der Waals surface area contributed by atoms with Crippen LogP contribution in [0.25, 0.3) is 0 Å². The molecule has 2 aliphatic rings. The number of benzene rings is 1. The predicted molar refractivity (Wildman–Crippen MR) is 103 cm³/mol. The first-order valence-electron chi connectivity index (χ1n) is 9.34. The van der Waals surface area contributed by atoms with Gasteiger partial charge in [0.15, 0.2) is 0 Å². The predicted octanol–water partition coefficient (Wildman–Crippen LogP) is 2.43. The van der Waals surface area contributed by atoms with Crippen LogP contribution in [0.4, 0.5) is 5.69 Å². The maximum Gasteiger partial charge on any atom is 0.294 e. The molecule has 1 amide bonds. The van der Waals surface area contributed by atoms with Gasteiger partial charge in [-0.05, 0) is 6.07 Å². The van der Waals surface area contributed by atoms with Gasteiger partial charge in [-0.2, -0.15) is 0 Å². The smallest absolute Gasteiger partial charge is 0.294 e. The zero-order chi connectivity index (χ0) is 20.3. The number of nitrogens with one attached hydrogen (secondary N) is 1. The summed E-state index contributed by atoms with van der Waals surface area (Å²) in [5.74, 6) is -0.150. The summed E-state index contributed by atoms with van der Waals surface area (Å²) in [5.41, 5.74) is 0.365. The standard InChI is InChI=1S/C18H24ClN3O6/c1-27-9-2-6-22(26)7-3-12(4-8-22)20-18(23)14-11-15(19)16(21(24)25)13-5-10-28-17(13)14/h11-12H,2-10H2,1H3,(H,20,23). The van der Waals surface area contributed by atoms with Crippen molar-refractivity contribution in [2.24, 2.45) is 0 Å². The fourth-order valence-corrected chi connectivity index (χ4v) is 4.15. The van der Waals surface area contributed by atoms with Gasteiger partial charge in [0.2, 0.25) is 0 Å². The highest BCUT2D eigenvalue weighted by Crippen LogP contribution is 2.41. The van der Waals surface area contributed by atoms with Crippen LogP contribution in [-0.2, 0) is 11.2 Å². The number of hydrogen-bond donors (Lipinski definition) is 1. The summed E-state index contributed by atoms with van der Waals surface area (Å²) in [5, 5.41) is 26.8. The van der Waals surface area contributed by atoms with Crippen LogP contribution < -0.4 is 10.1 Å². The Kier molecular flexibility index (Phi) is 6.39. The average molecular weight is 414 g/mol. The Morgan fingerprint density at radius 2 is 2.18 bits per heavy atom. The van der Waals surface area contributed by atoms with E-state index in [9.17, 15) is 20.1 Å². The minimum absolute atomic E-state index is 0.0728. The minimum Gasteiger partial charge on any atom is -0.633 e. The number of halogens is 1. The number of quaternary nitrogens is 1. The summed E-state index contributed by atoms with van der Waals surface area (Å²) >= 11 is 6.06. The number of piperidine rings is 1. The van der Waals surface area contributed by atoms with Crippen molar-refractivity contribution in [3.05, 3.63) is 37.5 Å². The van der Waals surface area contributed by atoms with E-state index in [-0.39, 0.29) is 45.2 Å². The molecule has 2 heterocycles. The number of nitro benzene ring substituents is 1. The second kappa shape index (κ2) is 8.60. The number of fused-ring (bicyclic) bond motifs is 1. The van der Waals surface area contributed by atoms with E-state index in [0.717, 1.165) is 0 Å². The number of nitro groups is 1. The van der Waals surface area contributed by atoms with Crippen LogP contribution in [0.3, 0.4) is 0 Å². The highest BCUT2D eigenvalue weighted by atomic mass is 35.5. The normalized spacial score (nSPS) is 23.8. The van der Waals surface area contributed by atoms with Gasteiger partial charge < -0.3 is 24.6 Å². The summed E-state index contributed by atoms with van der Waals surface area (Å²) < 4.78 is 10.2. The van der Waals surface area contributed by atoms with E-state index in [1.165, 1.54) is 6.07 Å². The number of rotatable bonds is 7. The van der Waals surface area contributed by atoms with Crippen LogP contribution in [-0.4, -0.2) is 61.5 Å². The fourth-order valence-electron chi connectivity index (χ4n) is 3.86. The topological polar surface area (TPSA) is 114 Å². The van der Waals surface area contributed by atoms with Crippen LogP contribution in [0, 0.1) is 15.3 Å². The lowest BCUT2D eigenvalue weighted by Gasteiger charge is -2.47. The second-order valence-corrected chi connectivity index (χ2v) is 7.65. The molecule has 28 heavy (non-hydrogen) atoms. The van der Waals surface area contributed by atoms with Crippen molar-refractivity contribution >= 4 is 23.2 Å². The molecule has 1 saturated heterocycles. The zero-order valence-electron chi connectivity index (χ0n) is 15.7. The number of likely N-dealkylation sites (tertiary alicyclic amines) is 1. The van der Waals surface area contributed by atoms with Gasteiger partial charge in [0, 0.05) is 38.8 Å². The number of amides is 1.